The van der Waals surface area contributed by atoms with Crippen LogP contribution in [0.25, 0.3) is 11.1 Å². The fraction of sp³-hybridized carbons (Fsp3) is 0.0769. The monoisotopic (exact) mass is 284 g/mol. The van der Waals surface area contributed by atoms with Crippen molar-refractivity contribution in [2.45, 2.75) is 11.8 Å². The van der Waals surface area contributed by atoms with Crippen molar-refractivity contribution in [3.63, 3.8) is 0 Å². The highest BCUT2D eigenvalue weighted by Gasteiger charge is 2.16. The first-order valence-electron chi connectivity index (χ1n) is 5.33. The molecule has 19 heavy (non-hydrogen) atoms. The lowest BCUT2D eigenvalue weighted by Gasteiger charge is -2.09. The normalized spacial score (nSPS) is 11.6. The smallest absolute Gasteiger partial charge is 0.282 e. The average molecular weight is 284 g/mol. The van der Waals surface area contributed by atoms with Gasteiger partial charge in [-0.25, -0.2) is 8.78 Å². The van der Waals surface area contributed by atoms with Crippen LogP contribution >= 0.6 is 0 Å². The minimum atomic E-state index is -4.39. The molecule has 0 heterocycles. The predicted molar refractivity (Wildman–Crippen MR) is 66.3 cm³/mol. The molecule has 2 rings (SSSR count). The molecule has 0 aliphatic carbocycles. The highest BCUT2D eigenvalue weighted by atomic mass is 32.2. The van der Waals surface area contributed by atoms with Gasteiger partial charge in [-0.3, -0.25) is 4.55 Å². The second-order valence-electron chi connectivity index (χ2n) is 4.05. The number of rotatable bonds is 2. The Hall–Kier alpha value is -1.79. The molecule has 6 heteroatoms. The first kappa shape index (κ1) is 13.6. The van der Waals surface area contributed by atoms with Crippen LogP contribution in [-0.2, 0) is 10.1 Å². The van der Waals surface area contributed by atoms with Gasteiger partial charge < -0.3 is 0 Å². The Kier molecular flexibility index (Phi) is 3.38. The molecule has 3 nitrogen and oxygen atoms in total. The quantitative estimate of drug-likeness (QED) is 0.862. The molecule has 0 fully saturated rings. The molecule has 0 aromatic heterocycles. The van der Waals surface area contributed by atoms with E-state index >= 15 is 0 Å². The van der Waals surface area contributed by atoms with Gasteiger partial charge in [-0.05, 0) is 36.2 Å². The lowest BCUT2D eigenvalue weighted by molar-refractivity contribution is 0.483. The topological polar surface area (TPSA) is 54.4 Å². The van der Waals surface area contributed by atoms with Crippen LogP contribution in [0, 0.1) is 18.6 Å². The highest BCUT2D eigenvalue weighted by Crippen LogP contribution is 2.29. The number of aryl methyl sites for hydroxylation is 1. The van der Waals surface area contributed by atoms with Crippen LogP contribution in [0.2, 0.25) is 0 Å². The average Bonchev–Trinajstić information content (AvgIpc) is 2.32. The zero-order valence-electron chi connectivity index (χ0n) is 9.89. The molecule has 1 N–H and O–H groups in total. The van der Waals surface area contributed by atoms with Gasteiger partial charge in [0.2, 0.25) is 0 Å². The minimum absolute atomic E-state index is 0.0528. The van der Waals surface area contributed by atoms with Crippen molar-refractivity contribution >= 4 is 10.1 Å². The number of halogens is 2. The number of benzene rings is 2. The lowest BCUT2D eigenvalue weighted by atomic mass is 10.00. The highest BCUT2D eigenvalue weighted by molar-refractivity contribution is 7.85. The maximum atomic E-state index is 13.7. The SMILES string of the molecule is Cc1ccc(S(=O)(=O)O)cc1-c1cccc(F)c1F. The summed E-state index contributed by atoms with van der Waals surface area (Å²) in [5.74, 6) is -2.08. The molecule has 0 amide bonds. The summed E-state index contributed by atoms with van der Waals surface area (Å²) in [5, 5.41) is 0. The van der Waals surface area contributed by atoms with Crippen LogP contribution in [0.1, 0.15) is 5.56 Å². The molecule has 2 aromatic rings. The molecule has 0 radical (unpaired) electrons. The van der Waals surface area contributed by atoms with E-state index in [9.17, 15) is 17.2 Å². The molecule has 0 spiro atoms. The van der Waals surface area contributed by atoms with E-state index in [4.69, 9.17) is 4.55 Å². The summed E-state index contributed by atoms with van der Waals surface area (Å²) in [7, 11) is -4.39. The van der Waals surface area contributed by atoms with Gasteiger partial charge >= 0.3 is 0 Å². The summed E-state index contributed by atoms with van der Waals surface area (Å²) < 4.78 is 58.0. The number of hydrogen-bond donors (Lipinski definition) is 1. The molecule has 0 atom stereocenters. The summed E-state index contributed by atoms with van der Waals surface area (Å²) in [5.41, 5.74) is 0.729. The van der Waals surface area contributed by atoms with Crippen LogP contribution in [0.5, 0.6) is 0 Å². The van der Waals surface area contributed by atoms with Crippen molar-refractivity contribution < 1.29 is 21.8 Å². The Morgan fingerprint density at radius 3 is 2.37 bits per heavy atom. The standard InChI is InChI=1S/C13H10F2O3S/c1-8-5-6-9(19(16,17)18)7-11(8)10-3-2-4-12(14)13(10)15/h2-7H,1H3,(H,16,17,18). The fourth-order valence-corrected chi connectivity index (χ4v) is 2.27. The Labute approximate surface area is 109 Å². The van der Waals surface area contributed by atoms with E-state index in [1.165, 1.54) is 24.3 Å². The largest absolute Gasteiger partial charge is 0.294 e. The third-order valence-electron chi connectivity index (χ3n) is 2.75. The molecule has 0 saturated heterocycles. The maximum Gasteiger partial charge on any atom is 0.294 e. The minimum Gasteiger partial charge on any atom is -0.282 e. The first-order chi connectivity index (χ1) is 8.80. The van der Waals surface area contributed by atoms with Gasteiger partial charge in [0.25, 0.3) is 10.1 Å². The molecule has 2 aromatic carbocycles. The van der Waals surface area contributed by atoms with E-state index in [-0.39, 0.29) is 16.0 Å². The van der Waals surface area contributed by atoms with Gasteiger partial charge in [0, 0.05) is 5.56 Å². The van der Waals surface area contributed by atoms with E-state index in [1.807, 2.05) is 0 Å². The summed E-state index contributed by atoms with van der Waals surface area (Å²) in [6, 6.07) is 7.37. The van der Waals surface area contributed by atoms with Gasteiger partial charge in [0.15, 0.2) is 11.6 Å². The van der Waals surface area contributed by atoms with E-state index in [0.717, 1.165) is 12.1 Å². The van der Waals surface area contributed by atoms with Crippen molar-refractivity contribution in [3.8, 4) is 11.1 Å². The summed E-state index contributed by atoms with van der Waals surface area (Å²) >= 11 is 0. The predicted octanol–water partition coefficient (Wildman–Crippen LogP) is 3.19. The third kappa shape index (κ3) is 2.64. The van der Waals surface area contributed by atoms with Gasteiger partial charge in [-0.1, -0.05) is 18.2 Å². The summed E-state index contributed by atoms with van der Waals surface area (Å²) in [6.45, 7) is 1.63. The van der Waals surface area contributed by atoms with Crippen molar-refractivity contribution in [1.82, 2.24) is 0 Å². The Morgan fingerprint density at radius 2 is 1.74 bits per heavy atom. The third-order valence-corrected chi connectivity index (χ3v) is 3.60. The molecule has 100 valence electrons. The zero-order chi connectivity index (χ0) is 14.2. The van der Waals surface area contributed by atoms with Crippen LogP contribution in [0.4, 0.5) is 8.78 Å². The molecular formula is C13H10F2O3S. The molecule has 0 saturated carbocycles. The van der Waals surface area contributed by atoms with E-state index < -0.39 is 21.8 Å². The van der Waals surface area contributed by atoms with Crippen molar-refractivity contribution in [2.75, 3.05) is 0 Å². The van der Waals surface area contributed by atoms with E-state index in [0.29, 0.717) is 5.56 Å². The van der Waals surface area contributed by atoms with Crippen molar-refractivity contribution in [1.29, 1.82) is 0 Å². The second-order valence-corrected chi connectivity index (χ2v) is 5.47. The fourth-order valence-electron chi connectivity index (χ4n) is 1.76. The van der Waals surface area contributed by atoms with E-state index in [1.54, 1.807) is 6.92 Å². The Bertz CT molecular complexity index is 740. The van der Waals surface area contributed by atoms with Gasteiger partial charge in [0.1, 0.15) is 0 Å². The Balaban J connectivity index is 2.72. The van der Waals surface area contributed by atoms with Gasteiger partial charge in [-0.15, -0.1) is 0 Å². The lowest BCUT2D eigenvalue weighted by Crippen LogP contribution is -2.00. The van der Waals surface area contributed by atoms with Crippen LogP contribution < -0.4 is 0 Å². The van der Waals surface area contributed by atoms with E-state index in [2.05, 4.69) is 0 Å². The maximum absolute atomic E-state index is 13.7. The second kappa shape index (κ2) is 4.71. The van der Waals surface area contributed by atoms with Crippen molar-refractivity contribution in [2.24, 2.45) is 0 Å². The van der Waals surface area contributed by atoms with Crippen LogP contribution in [0.3, 0.4) is 0 Å². The molecular weight excluding hydrogens is 274 g/mol. The molecule has 0 aliphatic heterocycles. The zero-order valence-corrected chi connectivity index (χ0v) is 10.7. The molecule has 0 unspecified atom stereocenters. The first-order valence-corrected chi connectivity index (χ1v) is 6.77. The van der Waals surface area contributed by atoms with Gasteiger partial charge in [0.05, 0.1) is 4.90 Å². The molecule has 0 aliphatic rings. The summed E-state index contributed by atoms with van der Waals surface area (Å²) in [6.07, 6.45) is 0. The van der Waals surface area contributed by atoms with Crippen molar-refractivity contribution in [3.05, 3.63) is 53.6 Å². The van der Waals surface area contributed by atoms with Crippen LogP contribution in [0.15, 0.2) is 41.3 Å². The summed E-state index contributed by atoms with van der Waals surface area (Å²) in [4.78, 5) is -0.364. The molecule has 0 bridgehead atoms. The van der Waals surface area contributed by atoms with Gasteiger partial charge in [-0.2, -0.15) is 8.42 Å². The van der Waals surface area contributed by atoms with Crippen LogP contribution in [-0.4, -0.2) is 13.0 Å². The Morgan fingerprint density at radius 1 is 1.05 bits per heavy atom. The number of hydrogen-bond acceptors (Lipinski definition) is 2.